The third-order valence-corrected chi connectivity index (χ3v) is 3.35. The Morgan fingerprint density at radius 3 is 2.38 bits per heavy atom. The Hall–Kier alpha value is -0.180. The predicted octanol–water partition coefficient (Wildman–Crippen LogP) is 2.57. The number of carbonyl (C=O) groups excluding carboxylic acids is 1. The average Bonchev–Trinajstić information content (AvgIpc) is 2.04. The number of hydrogen-bond donors (Lipinski definition) is 0. The Morgan fingerprint density at radius 2 is 2.08 bits per heavy atom. The third kappa shape index (κ3) is 3.22. The number of esters is 1. The van der Waals surface area contributed by atoms with Gasteiger partial charge in [-0.25, -0.2) is 0 Å². The van der Waals surface area contributed by atoms with Gasteiger partial charge in [-0.1, -0.05) is 13.8 Å². The minimum absolute atomic E-state index is 0.0700. The van der Waals surface area contributed by atoms with Crippen molar-refractivity contribution in [1.82, 2.24) is 0 Å². The molecule has 0 fully saturated rings. The summed E-state index contributed by atoms with van der Waals surface area (Å²) in [6.45, 7) is 8.42. The van der Waals surface area contributed by atoms with Crippen molar-refractivity contribution in [3.8, 4) is 0 Å². The normalized spacial score (nSPS) is 15.5. The molecule has 1 unspecified atom stereocenters. The molecule has 0 bridgehead atoms. The number of ether oxygens (including phenoxy) is 1. The van der Waals surface area contributed by atoms with Gasteiger partial charge in [0.25, 0.3) is 0 Å². The molecule has 0 aromatic carbocycles. The first kappa shape index (κ1) is 12.8. The molecule has 1 atom stereocenters. The van der Waals surface area contributed by atoms with Crippen molar-refractivity contribution in [3.63, 3.8) is 0 Å². The van der Waals surface area contributed by atoms with E-state index in [1.54, 1.807) is 11.8 Å². The van der Waals surface area contributed by atoms with E-state index in [1.165, 1.54) is 0 Å². The monoisotopic (exact) mass is 204 g/mol. The van der Waals surface area contributed by atoms with Crippen molar-refractivity contribution >= 4 is 17.7 Å². The van der Waals surface area contributed by atoms with E-state index in [4.69, 9.17) is 4.74 Å². The summed E-state index contributed by atoms with van der Waals surface area (Å²) < 4.78 is 5.07. The quantitative estimate of drug-likeness (QED) is 0.644. The van der Waals surface area contributed by atoms with Crippen LogP contribution in [0.4, 0.5) is 0 Å². The summed E-state index contributed by atoms with van der Waals surface area (Å²) in [7, 11) is 0. The first-order chi connectivity index (χ1) is 5.99. The zero-order valence-corrected chi connectivity index (χ0v) is 10.0. The van der Waals surface area contributed by atoms with Crippen LogP contribution in [0, 0.1) is 11.3 Å². The first-order valence-corrected chi connectivity index (χ1v) is 6.04. The zero-order chi connectivity index (χ0) is 10.5. The van der Waals surface area contributed by atoms with Gasteiger partial charge in [0.2, 0.25) is 0 Å². The van der Waals surface area contributed by atoms with Crippen molar-refractivity contribution in [2.24, 2.45) is 11.3 Å². The van der Waals surface area contributed by atoms with Gasteiger partial charge in [0.15, 0.2) is 0 Å². The van der Waals surface area contributed by atoms with Gasteiger partial charge in [-0.2, -0.15) is 11.8 Å². The molecule has 0 saturated heterocycles. The number of hydrogen-bond acceptors (Lipinski definition) is 3. The Kier molecular flexibility index (Phi) is 5.45. The van der Waals surface area contributed by atoms with Gasteiger partial charge in [0.05, 0.1) is 12.0 Å². The molecule has 13 heavy (non-hydrogen) atoms. The highest BCUT2D eigenvalue weighted by atomic mass is 32.2. The summed E-state index contributed by atoms with van der Waals surface area (Å²) >= 11 is 1.69. The largest absolute Gasteiger partial charge is 0.466 e. The van der Waals surface area contributed by atoms with Gasteiger partial charge < -0.3 is 4.74 Å². The van der Waals surface area contributed by atoms with Gasteiger partial charge in [-0.15, -0.1) is 0 Å². The molecule has 78 valence electrons. The molecular weight excluding hydrogens is 184 g/mol. The van der Waals surface area contributed by atoms with E-state index >= 15 is 0 Å². The molecule has 0 aliphatic carbocycles. The van der Waals surface area contributed by atoms with E-state index in [1.807, 2.05) is 20.1 Å². The van der Waals surface area contributed by atoms with Crippen LogP contribution in [0.3, 0.4) is 0 Å². The third-order valence-electron chi connectivity index (χ3n) is 2.46. The number of thioether (sulfide) groups is 1. The van der Waals surface area contributed by atoms with Crippen LogP contribution in [0.1, 0.15) is 27.7 Å². The van der Waals surface area contributed by atoms with Gasteiger partial charge >= 0.3 is 5.97 Å². The minimum Gasteiger partial charge on any atom is -0.466 e. The topological polar surface area (TPSA) is 26.3 Å². The Balaban J connectivity index is 4.47. The fourth-order valence-corrected chi connectivity index (χ4v) is 2.11. The molecule has 0 amide bonds. The van der Waals surface area contributed by atoms with Crippen molar-refractivity contribution < 1.29 is 9.53 Å². The van der Waals surface area contributed by atoms with E-state index < -0.39 is 0 Å². The molecule has 3 heteroatoms. The van der Waals surface area contributed by atoms with Gasteiger partial charge in [-0.05, 0) is 26.0 Å². The SMILES string of the molecule is CCOC(=O)C(C)(CSC)C(C)C. The van der Waals surface area contributed by atoms with Crippen molar-refractivity contribution in [1.29, 1.82) is 0 Å². The van der Waals surface area contributed by atoms with E-state index in [0.717, 1.165) is 5.75 Å². The lowest BCUT2D eigenvalue weighted by Crippen LogP contribution is -2.37. The molecule has 2 nitrogen and oxygen atoms in total. The minimum atomic E-state index is -0.338. The van der Waals surface area contributed by atoms with E-state index in [0.29, 0.717) is 12.5 Å². The standard InChI is InChI=1S/C10H20O2S/c1-6-12-9(11)10(4,7-13-5)8(2)3/h8H,6-7H2,1-5H3. The van der Waals surface area contributed by atoms with E-state index in [9.17, 15) is 4.79 Å². The summed E-state index contributed by atoms with van der Waals surface area (Å²) in [5.41, 5.74) is -0.338. The number of carbonyl (C=O) groups is 1. The van der Waals surface area contributed by atoms with E-state index in [-0.39, 0.29) is 11.4 Å². The highest BCUT2D eigenvalue weighted by Crippen LogP contribution is 2.31. The van der Waals surface area contributed by atoms with Crippen LogP contribution in [-0.2, 0) is 9.53 Å². The molecule has 0 spiro atoms. The predicted molar refractivity (Wildman–Crippen MR) is 58.0 cm³/mol. The van der Waals surface area contributed by atoms with Gasteiger partial charge in [-0.3, -0.25) is 4.79 Å². The van der Waals surface area contributed by atoms with Crippen LogP contribution in [0.2, 0.25) is 0 Å². The summed E-state index contributed by atoms with van der Waals surface area (Å²) in [5.74, 6) is 1.07. The number of rotatable bonds is 5. The van der Waals surface area contributed by atoms with Crippen molar-refractivity contribution in [2.75, 3.05) is 18.6 Å². The summed E-state index contributed by atoms with van der Waals surface area (Å²) in [4.78, 5) is 11.7. The summed E-state index contributed by atoms with van der Waals surface area (Å²) in [6, 6.07) is 0. The lowest BCUT2D eigenvalue weighted by Gasteiger charge is -2.30. The average molecular weight is 204 g/mol. The Bertz CT molecular complexity index is 168. The molecule has 0 rings (SSSR count). The highest BCUT2D eigenvalue weighted by Gasteiger charge is 2.37. The van der Waals surface area contributed by atoms with Crippen molar-refractivity contribution in [3.05, 3.63) is 0 Å². The second-order valence-electron chi connectivity index (χ2n) is 3.73. The molecule has 0 aromatic rings. The Labute approximate surface area is 85.4 Å². The maximum absolute atomic E-state index is 11.7. The second kappa shape index (κ2) is 5.53. The summed E-state index contributed by atoms with van der Waals surface area (Å²) in [5, 5.41) is 0. The highest BCUT2D eigenvalue weighted by molar-refractivity contribution is 7.98. The second-order valence-corrected chi connectivity index (χ2v) is 4.59. The van der Waals surface area contributed by atoms with Crippen LogP contribution >= 0.6 is 11.8 Å². The molecule has 0 aliphatic rings. The van der Waals surface area contributed by atoms with Crippen LogP contribution in [0.15, 0.2) is 0 Å². The lowest BCUT2D eigenvalue weighted by atomic mass is 9.81. The first-order valence-electron chi connectivity index (χ1n) is 4.65. The van der Waals surface area contributed by atoms with Crippen LogP contribution in [0.5, 0.6) is 0 Å². The van der Waals surface area contributed by atoms with Crippen molar-refractivity contribution in [2.45, 2.75) is 27.7 Å². The molecule has 0 radical (unpaired) electrons. The molecule has 0 heterocycles. The molecule has 0 N–H and O–H groups in total. The van der Waals surface area contributed by atoms with Gasteiger partial charge in [0, 0.05) is 5.75 Å². The molecule has 0 aliphatic heterocycles. The molecule has 0 saturated carbocycles. The van der Waals surface area contributed by atoms with Crippen LogP contribution < -0.4 is 0 Å². The Morgan fingerprint density at radius 1 is 1.54 bits per heavy atom. The molecule has 0 aromatic heterocycles. The summed E-state index contributed by atoms with van der Waals surface area (Å²) in [6.07, 6.45) is 2.01. The maximum atomic E-state index is 11.7. The van der Waals surface area contributed by atoms with E-state index in [2.05, 4.69) is 13.8 Å². The maximum Gasteiger partial charge on any atom is 0.312 e. The molecular formula is C10H20O2S. The van der Waals surface area contributed by atoms with Crippen LogP contribution in [-0.4, -0.2) is 24.6 Å². The smallest absolute Gasteiger partial charge is 0.312 e. The fraction of sp³-hybridized carbons (Fsp3) is 0.900. The lowest BCUT2D eigenvalue weighted by molar-refractivity contribution is -0.155. The zero-order valence-electron chi connectivity index (χ0n) is 9.22. The van der Waals surface area contributed by atoms with Crippen LogP contribution in [0.25, 0.3) is 0 Å². The fourth-order valence-electron chi connectivity index (χ4n) is 1.06. The van der Waals surface area contributed by atoms with Gasteiger partial charge in [0.1, 0.15) is 0 Å².